The zero-order valence-corrected chi connectivity index (χ0v) is 15.4. The Morgan fingerprint density at radius 3 is 2.03 bits per heavy atom. The van der Waals surface area contributed by atoms with E-state index >= 15 is 0 Å². The molecule has 9 heteroatoms. The van der Waals surface area contributed by atoms with Gasteiger partial charge in [0.1, 0.15) is 0 Å². The molecule has 3 rings (SSSR count). The van der Waals surface area contributed by atoms with Gasteiger partial charge in [-0.2, -0.15) is 13.2 Å². The molecule has 0 aliphatic heterocycles. The largest absolute Gasteiger partial charge is 0.416 e. The van der Waals surface area contributed by atoms with E-state index in [0.717, 1.165) is 23.3 Å². The second kappa shape index (κ2) is 8.32. The van der Waals surface area contributed by atoms with Crippen molar-refractivity contribution in [3.63, 3.8) is 0 Å². The Bertz CT molecular complexity index is 1040. The lowest BCUT2D eigenvalue weighted by atomic mass is 10.1. The maximum absolute atomic E-state index is 12.8. The van der Waals surface area contributed by atoms with E-state index in [-0.39, 0.29) is 10.6 Å². The number of alkyl halides is 3. The summed E-state index contributed by atoms with van der Waals surface area (Å²) in [5.74, 6) is -1.61. The summed E-state index contributed by atoms with van der Waals surface area (Å²) in [6.07, 6.45) is -1.34. The van der Waals surface area contributed by atoms with E-state index in [1.807, 2.05) is 12.1 Å². The van der Waals surface area contributed by atoms with Crippen molar-refractivity contribution in [3.05, 3.63) is 88.7 Å². The predicted octanol–water partition coefficient (Wildman–Crippen LogP) is 4.50. The molecule has 148 valence electrons. The van der Waals surface area contributed by atoms with Crippen LogP contribution in [0.25, 0.3) is 11.1 Å². The number of rotatable bonds is 3. The number of halogens is 4. The molecule has 2 N–H and O–H groups in total. The van der Waals surface area contributed by atoms with Crippen LogP contribution in [0.2, 0.25) is 5.02 Å². The van der Waals surface area contributed by atoms with Gasteiger partial charge in [0.25, 0.3) is 11.8 Å². The summed E-state index contributed by atoms with van der Waals surface area (Å²) in [5, 5.41) is -0.175. The van der Waals surface area contributed by atoms with Crippen LogP contribution in [0.15, 0.2) is 67.0 Å². The summed E-state index contributed by atoms with van der Waals surface area (Å²) in [5.41, 5.74) is 4.82. The summed E-state index contributed by atoms with van der Waals surface area (Å²) >= 11 is 5.80. The molecule has 0 saturated carbocycles. The molecule has 5 nitrogen and oxygen atoms in total. The SMILES string of the molecule is O=C(NNC(=O)c1cc(C(F)(F)F)ccc1Cl)c1ccc(-c2ccncc2)cc1. The summed E-state index contributed by atoms with van der Waals surface area (Å²) in [4.78, 5) is 28.3. The molecule has 0 fully saturated rings. The molecule has 0 atom stereocenters. The van der Waals surface area contributed by atoms with Crippen LogP contribution >= 0.6 is 11.6 Å². The first-order chi connectivity index (χ1) is 13.8. The number of nitrogens with one attached hydrogen (secondary N) is 2. The van der Waals surface area contributed by atoms with Crippen LogP contribution in [0, 0.1) is 0 Å². The lowest BCUT2D eigenvalue weighted by Gasteiger charge is -2.12. The summed E-state index contributed by atoms with van der Waals surface area (Å²) in [7, 11) is 0. The molecule has 1 heterocycles. The Morgan fingerprint density at radius 1 is 0.828 bits per heavy atom. The molecule has 0 bridgehead atoms. The van der Waals surface area contributed by atoms with Crippen LogP contribution in [-0.4, -0.2) is 16.8 Å². The highest BCUT2D eigenvalue weighted by molar-refractivity contribution is 6.33. The van der Waals surface area contributed by atoms with E-state index < -0.39 is 29.1 Å². The van der Waals surface area contributed by atoms with Gasteiger partial charge in [0.2, 0.25) is 0 Å². The minimum atomic E-state index is -4.63. The zero-order valence-electron chi connectivity index (χ0n) is 14.6. The highest BCUT2D eigenvalue weighted by Gasteiger charge is 2.31. The third-order valence-corrected chi connectivity index (χ3v) is 4.32. The topological polar surface area (TPSA) is 71.1 Å². The van der Waals surface area contributed by atoms with Crippen LogP contribution in [0.5, 0.6) is 0 Å². The van der Waals surface area contributed by atoms with E-state index in [1.165, 1.54) is 0 Å². The first kappa shape index (κ1) is 20.3. The molecular weight excluding hydrogens is 407 g/mol. The molecule has 0 spiro atoms. The number of hydrogen-bond donors (Lipinski definition) is 2. The Hall–Kier alpha value is -3.39. The lowest BCUT2D eigenvalue weighted by Crippen LogP contribution is -2.41. The first-order valence-corrected chi connectivity index (χ1v) is 8.61. The van der Waals surface area contributed by atoms with Crippen molar-refractivity contribution in [2.24, 2.45) is 0 Å². The monoisotopic (exact) mass is 419 g/mol. The number of benzene rings is 2. The van der Waals surface area contributed by atoms with Gasteiger partial charge >= 0.3 is 6.18 Å². The van der Waals surface area contributed by atoms with Gasteiger partial charge in [-0.15, -0.1) is 0 Å². The molecule has 1 aromatic heterocycles. The fraction of sp³-hybridized carbons (Fsp3) is 0.0500. The van der Waals surface area contributed by atoms with Crippen molar-refractivity contribution in [2.75, 3.05) is 0 Å². The van der Waals surface area contributed by atoms with Crippen molar-refractivity contribution < 1.29 is 22.8 Å². The molecule has 0 saturated heterocycles. The standard InChI is InChI=1S/C20H13ClF3N3O2/c21-17-6-5-15(20(22,23)24)11-16(17)19(29)27-26-18(28)14-3-1-12(2-4-14)13-7-9-25-10-8-13/h1-11H,(H,26,28)(H,27,29). The van der Waals surface area contributed by atoms with Gasteiger partial charge in [-0.05, 0) is 53.6 Å². The first-order valence-electron chi connectivity index (χ1n) is 8.23. The van der Waals surface area contributed by atoms with Gasteiger partial charge in [0.05, 0.1) is 16.1 Å². The highest BCUT2D eigenvalue weighted by Crippen LogP contribution is 2.31. The third kappa shape index (κ3) is 4.91. The Morgan fingerprint density at radius 2 is 1.41 bits per heavy atom. The van der Waals surface area contributed by atoms with E-state index in [9.17, 15) is 22.8 Å². The predicted molar refractivity (Wildman–Crippen MR) is 101 cm³/mol. The Balaban J connectivity index is 1.67. The number of aromatic nitrogens is 1. The molecule has 0 radical (unpaired) electrons. The number of hydrogen-bond acceptors (Lipinski definition) is 3. The van der Waals surface area contributed by atoms with Crippen molar-refractivity contribution >= 4 is 23.4 Å². The van der Waals surface area contributed by atoms with Gasteiger partial charge in [-0.1, -0.05) is 23.7 Å². The smallest absolute Gasteiger partial charge is 0.267 e. The number of nitrogens with zero attached hydrogens (tertiary/aromatic N) is 1. The second-order valence-corrected chi connectivity index (χ2v) is 6.32. The molecule has 29 heavy (non-hydrogen) atoms. The number of carbonyl (C=O) groups is 2. The average molecular weight is 420 g/mol. The third-order valence-electron chi connectivity index (χ3n) is 3.99. The average Bonchev–Trinajstić information content (AvgIpc) is 2.72. The van der Waals surface area contributed by atoms with E-state index in [1.54, 1.807) is 36.7 Å². The van der Waals surface area contributed by atoms with Gasteiger partial charge in [0, 0.05) is 18.0 Å². The molecule has 2 amide bonds. The van der Waals surface area contributed by atoms with Gasteiger partial charge in [0.15, 0.2) is 0 Å². The van der Waals surface area contributed by atoms with Crippen molar-refractivity contribution in [1.29, 1.82) is 0 Å². The maximum atomic E-state index is 12.8. The van der Waals surface area contributed by atoms with Gasteiger partial charge in [-0.25, -0.2) is 0 Å². The summed E-state index contributed by atoms with van der Waals surface area (Å²) in [6, 6.07) is 12.5. The van der Waals surface area contributed by atoms with Crippen LogP contribution in [-0.2, 0) is 6.18 Å². The zero-order chi connectivity index (χ0) is 21.0. The number of pyridine rings is 1. The number of amides is 2. The fourth-order valence-electron chi connectivity index (χ4n) is 2.49. The summed E-state index contributed by atoms with van der Waals surface area (Å²) in [6.45, 7) is 0. The quantitative estimate of drug-likeness (QED) is 0.614. The van der Waals surface area contributed by atoms with Gasteiger partial charge < -0.3 is 0 Å². The number of hydrazine groups is 1. The van der Waals surface area contributed by atoms with Crippen LogP contribution < -0.4 is 10.9 Å². The van der Waals surface area contributed by atoms with Crippen molar-refractivity contribution in [2.45, 2.75) is 6.18 Å². The van der Waals surface area contributed by atoms with E-state index in [2.05, 4.69) is 15.8 Å². The van der Waals surface area contributed by atoms with E-state index in [0.29, 0.717) is 6.07 Å². The van der Waals surface area contributed by atoms with Crippen LogP contribution in [0.3, 0.4) is 0 Å². The Kier molecular flexibility index (Phi) is 5.84. The minimum absolute atomic E-state index is 0.175. The Labute approximate surface area is 168 Å². The fourth-order valence-corrected chi connectivity index (χ4v) is 2.69. The minimum Gasteiger partial charge on any atom is -0.267 e. The van der Waals surface area contributed by atoms with Crippen LogP contribution in [0.4, 0.5) is 13.2 Å². The number of carbonyl (C=O) groups excluding carboxylic acids is 2. The highest BCUT2D eigenvalue weighted by atomic mass is 35.5. The molecule has 2 aromatic carbocycles. The van der Waals surface area contributed by atoms with E-state index in [4.69, 9.17) is 11.6 Å². The maximum Gasteiger partial charge on any atom is 0.416 e. The van der Waals surface area contributed by atoms with Gasteiger partial charge in [-0.3, -0.25) is 25.4 Å². The second-order valence-electron chi connectivity index (χ2n) is 5.91. The normalized spacial score (nSPS) is 11.0. The molecule has 0 aliphatic carbocycles. The lowest BCUT2D eigenvalue weighted by molar-refractivity contribution is -0.137. The molecule has 0 unspecified atom stereocenters. The van der Waals surface area contributed by atoms with Crippen molar-refractivity contribution in [1.82, 2.24) is 15.8 Å². The molecule has 3 aromatic rings. The van der Waals surface area contributed by atoms with Crippen LogP contribution in [0.1, 0.15) is 26.3 Å². The van der Waals surface area contributed by atoms with Crippen molar-refractivity contribution in [3.8, 4) is 11.1 Å². The molecule has 0 aliphatic rings. The molecular formula is C20H13ClF3N3O2. The summed E-state index contributed by atoms with van der Waals surface area (Å²) < 4.78 is 38.4.